The molecule has 98 valence electrons. The van der Waals surface area contributed by atoms with Gasteiger partial charge in [-0.05, 0) is 65.2 Å². The minimum atomic E-state index is 0.853. The second kappa shape index (κ2) is 5.22. The van der Waals surface area contributed by atoms with E-state index >= 15 is 0 Å². The Morgan fingerprint density at radius 1 is 1.28 bits per heavy atom. The predicted octanol–water partition coefficient (Wildman–Crippen LogP) is 3.83. The van der Waals surface area contributed by atoms with Crippen LogP contribution in [-0.2, 0) is 6.54 Å². The number of nitrogens with zero attached hydrogens (tertiary/aromatic N) is 1. The molecular weight excluding hydrogens is 290 g/mol. The summed E-state index contributed by atoms with van der Waals surface area (Å²) in [7, 11) is 1.71. The zero-order valence-electron chi connectivity index (χ0n) is 10.9. The summed E-state index contributed by atoms with van der Waals surface area (Å²) < 4.78 is 6.34. The summed E-state index contributed by atoms with van der Waals surface area (Å²) in [6, 6.07) is 7.29. The Morgan fingerprint density at radius 2 is 2.06 bits per heavy atom. The van der Waals surface area contributed by atoms with E-state index in [9.17, 15) is 0 Å². The van der Waals surface area contributed by atoms with E-state index in [0.29, 0.717) is 0 Å². The average molecular weight is 310 g/mol. The topological polar surface area (TPSA) is 12.5 Å². The Balaban J connectivity index is 1.67. The number of methoxy groups -OCH3 is 1. The van der Waals surface area contributed by atoms with E-state index in [4.69, 9.17) is 4.74 Å². The highest BCUT2D eigenvalue weighted by Crippen LogP contribution is 2.36. The summed E-state index contributed by atoms with van der Waals surface area (Å²) in [5, 5.41) is 0. The van der Waals surface area contributed by atoms with E-state index in [1.54, 1.807) is 7.11 Å². The Morgan fingerprint density at radius 3 is 2.61 bits per heavy atom. The molecule has 0 aromatic heterocycles. The van der Waals surface area contributed by atoms with Crippen LogP contribution >= 0.6 is 15.9 Å². The molecule has 2 aliphatic carbocycles. The van der Waals surface area contributed by atoms with Gasteiger partial charge >= 0.3 is 0 Å². The molecular formula is C15H20BrNO. The van der Waals surface area contributed by atoms with Gasteiger partial charge in [0.15, 0.2) is 0 Å². The van der Waals surface area contributed by atoms with Gasteiger partial charge in [0.25, 0.3) is 0 Å². The van der Waals surface area contributed by atoms with Gasteiger partial charge in [0.1, 0.15) is 5.75 Å². The summed E-state index contributed by atoms with van der Waals surface area (Å²) in [4.78, 5) is 2.67. The standard InChI is InChI=1S/C15H20BrNO/c1-18-15-7-4-12(8-14(15)16)10-17(13-5-6-13)9-11-2-3-11/h4,7-8,11,13H,2-3,5-6,9-10H2,1H3. The number of hydrogen-bond donors (Lipinski definition) is 0. The fraction of sp³-hybridized carbons (Fsp3) is 0.600. The van der Waals surface area contributed by atoms with Crippen molar-refractivity contribution in [3.63, 3.8) is 0 Å². The highest BCUT2D eigenvalue weighted by Gasteiger charge is 2.33. The first-order chi connectivity index (χ1) is 8.76. The molecule has 0 unspecified atom stereocenters. The van der Waals surface area contributed by atoms with E-state index in [2.05, 4.69) is 39.0 Å². The SMILES string of the molecule is COc1ccc(CN(CC2CC2)C2CC2)cc1Br. The molecule has 1 aromatic carbocycles. The number of ether oxygens (including phenoxy) is 1. The zero-order chi connectivity index (χ0) is 12.5. The van der Waals surface area contributed by atoms with E-state index in [0.717, 1.165) is 28.7 Å². The average Bonchev–Trinajstić information content (AvgIpc) is 3.22. The summed E-state index contributed by atoms with van der Waals surface area (Å²) in [5.41, 5.74) is 1.38. The van der Waals surface area contributed by atoms with Crippen molar-refractivity contribution in [3.05, 3.63) is 28.2 Å². The fourth-order valence-electron chi connectivity index (χ4n) is 2.46. The van der Waals surface area contributed by atoms with Gasteiger partial charge in [0, 0.05) is 19.1 Å². The first-order valence-electron chi connectivity index (χ1n) is 6.82. The number of halogens is 1. The number of rotatable bonds is 6. The van der Waals surface area contributed by atoms with Crippen LogP contribution in [0.4, 0.5) is 0 Å². The molecule has 0 atom stereocenters. The molecule has 0 amide bonds. The van der Waals surface area contributed by atoms with Crippen molar-refractivity contribution in [2.45, 2.75) is 38.3 Å². The fourth-order valence-corrected chi connectivity index (χ4v) is 3.05. The molecule has 0 saturated heterocycles. The van der Waals surface area contributed by atoms with Gasteiger partial charge in [-0.2, -0.15) is 0 Å². The van der Waals surface area contributed by atoms with Crippen LogP contribution < -0.4 is 4.74 Å². The zero-order valence-corrected chi connectivity index (χ0v) is 12.4. The predicted molar refractivity (Wildman–Crippen MR) is 76.9 cm³/mol. The molecule has 2 saturated carbocycles. The van der Waals surface area contributed by atoms with Gasteiger partial charge in [0.05, 0.1) is 11.6 Å². The quantitative estimate of drug-likeness (QED) is 0.792. The smallest absolute Gasteiger partial charge is 0.133 e. The molecule has 0 spiro atoms. The molecule has 0 heterocycles. The Labute approximate surface area is 117 Å². The van der Waals surface area contributed by atoms with Crippen molar-refractivity contribution in [3.8, 4) is 5.75 Å². The van der Waals surface area contributed by atoms with Crippen LogP contribution in [0, 0.1) is 5.92 Å². The van der Waals surface area contributed by atoms with Crippen LogP contribution in [0.25, 0.3) is 0 Å². The Kier molecular flexibility index (Phi) is 3.62. The Hall–Kier alpha value is -0.540. The van der Waals surface area contributed by atoms with Gasteiger partial charge in [-0.15, -0.1) is 0 Å². The van der Waals surface area contributed by atoms with Crippen LogP contribution in [-0.4, -0.2) is 24.6 Å². The highest BCUT2D eigenvalue weighted by atomic mass is 79.9. The normalized spacial score (nSPS) is 19.3. The largest absolute Gasteiger partial charge is 0.496 e. The first kappa shape index (κ1) is 12.5. The second-order valence-electron chi connectivity index (χ2n) is 5.57. The van der Waals surface area contributed by atoms with E-state index in [1.807, 2.05) is 0 Å². The molecule has 3 heteroatoms. The van der Waals surface area contributed by atoms with Gasteiger partial charge in [-0.1, -0.05) is 6.07 Å². The molecule has 0 bridgehead atoms. The lowest BCUT2D eigenvalue weighted by Gasteiger charge is -2.22. The summed E-state index contributed by atoms with van der Waals surface area (Å²) in [6.07, 6.45) is 5.67. The van der Waals surface area contributed by atoms with Crippen LogP contribution in [0.3, 0.4) is 0 Å². The van der Waals surface area contributed by atoms with Gasteiger partial charge in [-0.3, -0.25) is 4.90 Å². The maximum absolute atomic E-state index is 5.28. The molecule has 0 aliphatic heterocycles. The lowest BCUT2D eigenvalue weighted by molar-refractivity contribution is 0.244. The first-order valence-corrected chi connectivity index (χ1v) is 7.62. The summed E-state index contributed by atoms with van der Waals surface area (Å²) in [6.45, 7) is 2.39. The Bertz CT molecular complexity index is 427. The van der Waals surface area contributed by atoms with Crippen molar-refractivity contribution in [2.24, 2.45) is 5.92 Å². The summed E-state index contributed by atoms with van der Waals surface area (Å²) in [5.74, 6) is 1.89. The molecule has 2 nitrogen and oxygen atoms in total. The van der Waals surface area contributed by atoms with Crippen molar-refractivity contribution in [2.75, 3.05) is 13.7 Å². The number of benzene rings is 1. The van der Waals surface area contributed by atoms with Gasteiger partial charge in [0.2, 0.25) is 0 Å². The third-order valence-corrected chi connectivity index (χ3v) is 4.47. The van der Waals surface area contributed by atoms with Gasteiger partial charge < -0.3 is 4.74 Å². The molecule has 3 rings (SSSR count). The minimum Gasteiger partial charge on any atom is -0.496 e. The lowest BCUT2D eigenvalue weighted by atomic mass is 10.2. The van der Waals surface area contributed by atoms with E-state index in [1.165, 1.54) is 37.8 Å². The van der Waals surface area contributed by atoms with Crippen LogP contribution in [0.5, 0.6) is 5.75 Å². The van der Waals surface area contributed by atoms with Crippen LogP contribution in [0.1, 0.15) is 31.2 Å². The van der Waals surface area contributed by atoms with Crippen LogP contribution in [0.2, 0.25) is 0 Å². The third kappa shape index (κ3) is 3.07. The third-order valence-electron chi connectivity index (χ3n) is 3.85. The minimum absolute atomic E-state index is 0.853. The molecule has 0 radical (unpaired) electrons. The van der Waals surface area contributed by atoms with E-state index < -0.39 is 0 Å². The summed E-state index contributed by atoms with van der Waals surface area (Å²) >= 11 is 3.57. The van der Waals surface area contributed by atoms with Crippen LogP contribution in [0.15, 0.2) is 22.7 Å². The molecule has 2 fully saturated rings. The number of hydrogen-bond acceptors (Lipinski definition) is 2. The van der Waals surface area contributed by atoms with Crippen molar-refractivity contribution in [1.29, 1.82) is 0 Å². The molecule has 0 N–H and O–H groups in total. The van der Waals surface area contributed by atoms with E-state index in [-0.39, 0.29) is 0 Å². The molecule has 18 heavy (non-hydrogen) atoms. The maximum Gasteiger partial charge on any atom is 0.133 e. The van der Waals surface area contributed by atoms with Crippen molar-refractivity contribution in [1.82, 2.24) is 4.90 Å². The molecule has 2 aliphatic rings. The lowest BCUT2D eigenvalue weighted by Crippen LogP contribution is -2.27. The highest BCUT2D eigenvalue weighted by molar-refractivity contribution is 9.10. The molecule has 1 aromatic rings. The van der Waals surface area contributed by atoms with Crippen molar-refractivity contribution >= 4 is 15.9 Å². The van der Waals surface area contributed by atoms with Gasteiger partial charge in [-0.25, -0.2) is 0 Å². The maximum atomic E-state index is 5.28. The second-order valence-corrected chi connectivity index (χ2v) is 6.43. The van der Waals surface area contributed by atoms with Crippen molar-refractivity contribution < 1.29 is 4.74 Å². The monoisotopic (exact) mass is 309 g/mol.